The molecule has 2 nitrogen and oxygen atoms in total. The van der Waals surface area contributed by atoms with Gasteiger partial charge in [0.15, 0.2) is 0 Å². The first-order chi connectivity index (χ1) is 6.15. The number of likely N-dealkylation sites (tertiary alicyclic amines) is 1. The van der Waals surface area contributed by atoms with Gasteiger partial charge in [-0.25, -0.2) is 0 Å². The van der Waals surface area contributed by atoms with Crippen LogP contribution < -0.4 is 0 Å². The van der Waals surface area contributed by atoms with Crippen LogP contribution in [-0.2, 0) is 4.79 Å². The molecule has 2 unspecified atom stereocenters. The summed E-state index contributed by atoms with van der Waals surface area (Å²) in [5.41, 5.74) is 0. The molecule has 0 aromatic heterocycles. The highest BCUT2D eigenvalue weighted by molar-refractivity contribution is 5.76. The lowest BCUT2D eigenvalue weighted by atomic mass is 9.88. The van der Waals surface area contributed by atoms with Gasteiger partial charge in [0.1, 0.15) is 0 Å². The number of piperidine rings is 1. The van der Waals surface area contributed by atoms with Crippen LogP contribution in [0.15, 0.2) is 0 Å². The molecule has 1 aliphatic rings. The normalized spacial score (nSPS) is 29.0. The Morgan fingerprint density at radius 1 is 1.38 bits per heavy atom. The Kier molecular flexibility index (Phi) is 3.76. The van der Waals surface area contributed by atoms with Gasteiger partial charge in [0, 0.05) is 19.5 Å². The molecule has 0 aliphatic carbocycles. The standard InChI is InChI=1S/C11H21NO/c1-4-5-11(13)12-7-6-9(2)10(3)8-12/h9-10H,4-8H2,1-3H3. The van der Waals surface area contributed by atoms with E-state index in [1.807, 2.05) is 4.90 Å². The summed E-state index contributed by atoms with van der Waals surface area (Å²) in [7, 11) is 0. The van der Waals surface area contributed by atoms with E-state index in [9.17, 15) is 4.79 Å². The molecule has 1 rings (SSSR count). The quantitative estimate of drug-likeness (QED) is 0.643. The van der Waals surface area contributed by atoms with Gasteiger partial charge >= 0.3 is 0 Å². The molecule has 1 amide bonds. The number of hydrogen-bond donors (Lipinski definition) is 0. The van der Waals surface area contributed by atoms with E-state index in [0.29, 0.717) is 11.8 Å². The summed E-state index contributed by atoms with van der Waals surface area (Å²) in [6.45, 7) is 8.54. The van der Waals surface area contributed by atoms with Crippen molar-refractivity contribution in [3.63, 3.8) is 0 Å². The van der Waals surface area contributed by atoms with Gasteiger partial charge in [-0.2, -0.15) is 0 Å². The maximum absolute atomic E-state index is 11.6. The molecule has 0 bridgehead atoms. The van der Waals surface area contributed by atoms with E-state index in [1.54, 1.807) is 0 Å². The molecule has 0 radical (unpaired) electrons. The predicted octanol–water partition coefficient (Wildman–Crippen LogP) is 2.29. The van der Waals surface area contributed by atoms with Gasteiger partial charge in [0.05, 0.1) is 0 Å². The van der Waals surface area contributed by atoms with Crippen molar-refractivity contribution in [3.8, 4) is 0 Å². The van der Waals surface area contributed by atoms with Crippen molar-refractivity contribution in [1.29, 1.82) is 0 Å². The van der Waals surface area contributed by atoms with Gasteiger partial charge in [-0.15, -0.1) is 0 Å². The monoisotopic (exact) mass is 183 g/mol. The minimum absolute atomic E-state index is 0.348. The van der Waals surface area contributed by atoms with Crippen molar-refractivity contribution in [3.05, 3.63) is 0 Å². The molecule has 1 fully saturated rings. The van der Waals surface area contributed by atoms with Gasteiger partial charge < -0.3 is 4.90 Å². The fourth-order valence-corrected chi connectivity index (χ4v) is 1.86. The van der Waals surface area contributed by atoms with Crippen LogP contribution in [-0.4, -0.2) is 23.9 Å². The van der Waals surface area contributed by atoms with Gasteiger partial charge in [-0.1, -0.05) is 20.8 Å². The van der Waals surface area contributed by atoms with E-state index < -0.39 is 0 Å². The van der Waals surface area contributed by atoms with E-state index in [2.05, 4.69) is 20.8 Å². The number of carbonyl (C=O) groups is 1. The molecule has 0 aromatic carbocycles. The summed E-state index contributed by atoms with van der Waals surface area (Å²) >= 11 is 0. The van der Waals surface area contributed by atoms with E-state index in [1.165, 1.54) is 6.42 Å². The van der Waals surface area contributed by atoms with Crippen LogP contribution in [0.4, 0.5) is 0 Å². The molecule has 2 heteroatoms. The maximum Gasteiger partial charge on any atom is 0.222 e. The fraction of sp³-hybridized carbons (Fsp3) is 0.909. The molecule has 76 valence electrons. The molecule has 1 aliphatic heterocycles. The fourth-order valence-electron chi connectivity index (χ4n) is 1.86. The largest absolute Gasteiger partial charge is 0.342 e. The summed E-state index contributed by atoms with van der Waals surface area (Å²) in [6.07, 6.45) is 2.87. The minimum Gasteiger partial charge on any atom is -0.342 e. The molecule has 0 N–H and O–H groups in total. The van der Waals surface area contributed by atoms with Crippen LogP contribution in [0.3, 0.4) is 0 Å². The second kappa shape index (κ2) is 4.64. The molecular weight excluding hydrogens is 162 g/mol. The van der Waals surface area contributed by atoms with Crippen molar-refractivity contribution in [2.24, 2.45) is 11.8 Å². The lowest BCUT2D eigenvalue weighted by molar-refractivity contribution is -0.133. The van der Waals surface area contributed by atoms with Crippen molar-refractivity contribution >= 4 is 5.91 Å². The van der Waals surface area contributed by atoms with Crippen molar-refractivity contribution in [2.45, 2.75) is 40.0 Å². The highest BCUT2D eigenvalue weighted by Crippen LogP contribution is 2.22. The number of amides is 1. The van der Waals surface area contributed by atoms with Gasteiger partial charge in [0.25, 0.3) is 0 Å². The Morgan fingerprint density at radius 3 is 2.62 bits per heavy atom. The second-order valence-electron chi connectivity index (χ2n) is 4.33. The van der Waals surface area contributed by atoms with Gasteiger partial charge in [-0.05, 0) is 24.7 Å². The third-order valence-corrected chi connectivity index (χ3v) is 3.15. The van der Waals surface area contributed by atoms with Crippen LogP contribution in [0.2, 0.25) is 0 Å². The van der Waals surface area contributed by atoms with Crippen molar-refractivity contribution < 1.29 is 4.79 Å². The number of carbonyl (C=O) groups excluding carboxylic acids is 1. The van der Waals surface area contributed by atoms with E-state index in [4.69, 9.17) is 0 Å². The van der Waals surface area contributed by atoms with Crippen LogP contribution in [0.1, 0.15) is 40.0 Å². The van der Waals surface area contributed by atoms with Crippen molar-refractivity contribution in [1.82, 2.24) is 4.90 Å². The summed E-state index contributed by atoms with van der Waals surface area (Å²) in [5, 5.41) is 0. The average molecular weight is 183 g/mol. The molecule has 13 heavy (non-hydrogen) atoms. The number of rotatable bonds is 2. The Labute approximate surface area is 81.3 Å². The SMILES string of the molecule is CCCC(=O)N1CCC(C)C(C)C1. The minimum atomic E-state index is 0.348. The predicted molar refractivity (Wildman–Crippen MR) is 54.4 cm³/mol. The lowest BCUT2D eigenvalue weighted by Crippen LogP contribution is -2.42. The van der Waals surface area contributed by atoms with Crippen LogP contribution >= 0.6 is 0 Å². The Bertz CT molecular complexity index is 179. The van der Waals surface area contributed by atoms with Crippen LogP contribution in [0, 0.1) is 11.8 Å². The third kappa shape index (κ3) is 2.71. The summed E-state index contributed by atoms with van der Waals surface area (Å²) in [5.74, 6) is 1.81. The highest BCUT2D eigenvalue weighted by Gasteiger charge is 2.24. The Morgan fingerprint density at radius 2 is 2.08 bits per heavy atom. The molecule has 0 spiro atoms. The molecular formula is C11H21NO. The summed E-state index contributed by atoms with van der Waals surface area (Å²) in [6, 6.07) is 0. The van der Waals surface area contributed by atoms with E-state index >= 15 is 0 Å². The van der Waals surface area contributed by atoms with Gasteiger partial charge in [-0.3, -0.25) is 4.79 Å². The van der Waals surface area contributed by atoms with E-state index in [-0.39, 0.29) is 0 Å². The molecule has 0 saturated carbocycles. The zero-order valence-corrected chi connectivity index (χ0v) is 9.05. The van der Waals surface area contributed by atoms with Crippen LogP contribution in [0.25, 0.3) is 0 Å². The zero-order valence-electron chi connectivity index (χ0n) is 9.05. The van der Waals surface area contributed by atoms with Crippen molar-refractivity contribution in [2.75, 3.05) is 13.1 Å². The van der Waals surface area contributed by atoms with Gasteiger partial charge in [0.2, 0.25) is 5.91 Å². The lowest BCUT2D eigenvalue weighted by Gasteiger charge is -2.35. The van der Waals surface area contributed by atoms with Crippen LogP contribution in [0.5, 0.6) is 0 Å². The topological polar surface area (TPSA) is 20.3 Å². The summed E-state index contributed by atoms with van der Waals surface area (Å²) in [4.78, 5) is 13.6. The zero-order chi connectivity index (χ0) is 9.84. The summed E-state index contributed by atoms with van der Waals surface area (Å²) < 4.78 is 0. The number of nitrogens with zero attached hydrogens (tertiary/aromatic N) is 1. The first-order valence-electron chi connectivity index (χ1n) is 5.43. The Balaban J connectivity index is 2.40. The van der Waals surface area contributed by atoms with E-state index in [0.717, 1.165) is 31.8 Å². The average Bonchev–Trinajstić information content (AvgIpc) is 2.10. The molecule has 1 saturated heterocycles. The smallest absolute Gasteiger partial charge is 0.222 e. The highest BCUT2D eigenvalue weighted by atomic mass is 16.2. The first-order valence-corrected chi connectivity index (χ1v) is 5.43. The third-order valence-electron chi connectivity index (χ3n) is 3.15. The Hall–Kier alpha value is -0.530. The molecule has 1 heterocycles. The molecule has 0 aromatic rings. The first kappa shape index (κ1) is 10.6. The maximum atomic E-state index is 11.6. The number of hydrogen-bond acceptors (Lipinski definition) is 1. The second-order valence-corrected chi connectivity index (χ2v) is 4.33. The molecule has 2 atom stereocenters.